The van der Waals surface area contributed by atoms with E-state index in [1.165, 1.54) is 11.8 Å². The van der Waals surface area contributed by atoms with E-state index in [2.05, 4.69) is 15.5 Å². The van der Waals surface area contributed by atoms with Crippen molar-refractivity contribution in [2.45, 2.75) is 17.3 Å². The molecule has 1 unspecified atom stereocenters. The Morgan fingerprint density at radius 3 is 2.57 bits per heavy atom. The molecule has 146 valence electrons. The van der Waals surface area contributed by atoms with Crippen molar-refractivity contribution in [3.8, 4) is 11.4 Å². The summed E-state index contributed by atoms with van der Waals surface area (Å²) < 4.78 is 7.23. The number of methoxy groups -OCH3 is 1. The molecule has 0 saturated heterocycles. The summed E-state index contributed by atoms with van der Waals surface area (Å²) >= 11 is 1.34. The summed E-state index contributed by atoms with van der Waals surface area (Å²) in [5.74, 6) is 0.611. The van der Waals surface area contributed by atoms with Crippen LogP contribution in [0.2, 0.25) is 0 Å². The van der Waals surface area contributed by atoms with Crippen LogP contribution in [-0.2, 0) is 4.79 Å². The zero-order valence-corrected chi connectivity index (χ0v) is 17.1. The van der Waals surface area contributed by atoms with Gasteiger partial charge in [-0.3, -0.25) is 9.36 Å². The molecule has 0 radical (unpaired) electrons. The van der Waals surface area contributed by atoms with Crippen LogP contribution < -0.4 is 15.0 Å². The molecular formula is C20H23N5O2S. The molecule has 0 fully saturated rings. The van der Waals surface area contributed by atoms with Crippen LogP contribution in [0, 0.1) is 0 Å². The van der Waals surface area contributed by atoms with Gasteiger partial charge in [0.15, 0.2) is 5.16 Å². The first-order valence-corrected chi connectivity index (χ1v) is 9.66. The van der Waals surface area contributed by atoms with Gasteiger partial charge in [-0.2, -0.15) is 0 Å². The molecule has 0 aliphatic rings. The number of benzene rings is 2. The number of thioether (sulfide) groups is 1. The molecule has 8 heteroatoms. The summed E-state index contributed by atoms with van der Waals surface area (Å²) in [5.41, 5.74) is 2.66. The molecule has 1 heterocycles. The van der Waals surface area contributed by atoms with Gasteiger partial charge in [0.25, 0.3) is 0 Å². The Morgan fingerprint density at radius 2 is 1.89 bits per heavy atom. The van der Waals surface area contributed by atoms with Crippen LogP contribution in [0.15, 0.2) is 60.0 Å². The first-order chi connectivity index (χ1) is 13.5. The lowest BCUT2D eigenvalue weighted by Crippen LogP contribution is -2.23. The van der Waals surface area contributed by atoms with E-state index in [0.29, 0.717) is 10.9 Å². The molecule has 3 rings (SSSR count). The van der Waals surface area contributed by atoms with E-state index in [4.69, 9.17) is 4.74 Å². The summed E-state index contributed by atoms with van der Waals surface area (Å²) in [6, 6.07) is 15.3. The molecule has 7 nitrogen and oxygen atoms in total. The number of rotatable bonds is 7. The number of carbonyl (C=O) groups excluding carboxylic acids is 1. The van der Waals surface area contributed by atoms with E-state index in [9.17, 15) is 4.79 Å². The Hall–Kier alpha value is -3.00. The van der Waals surface area contributed by atoms with E-state index in [0.717, 1.165) is 17.1 Å². The lowest BCUT2D eigenvalue weighted by molar-refractivity contribution is -0.115. The van der Waals surface area contributed by atoms with E-state index in [1.807, 2.05) is 79.0 Å². The number of aromatic nitrogens is 3. The minimum absolute atomic E-state index is 0.0998. The van der Waals surface area contributed by atoms with E-state index >= 15 is 0 Å². The van der Waals surface area contributed by atoms with Gasteiger partial charge < -0.3 is 15.0 Å². The fourth-order valence-electron chi connectivity index (χ4n) is 2.60. The molecule has 2 aromatic carbocycles. The van der Waals surface area contributed by atoms with Gasteiger partial charge in [-0.05, 0) is 43.3 Å². The fourth-order valence-corrected chi connectivity index (χ4v) is 3.43. The Kier molecular flexibility index (Phi) is 6.20. The van der Waals surface area contributed by atoms with Crippen LogP contribution in [0.25, 0.3) is 5.69 Å². The smallest absolute Gasteiger partial charge is 0.237 e. The molecule has 1 atom stereocenters. The van der Waals surface area contributed by atoms with Crippen LogP contribution in [0.5, 0.6) is 5.75 Å². The Morgan fingerprint density at radius 1 is 1.18 bits per heavy atom. The molecule has 0 aliphatic heterocycles. The number of nitrogens with one attached hydrogen (secondary N) is 1. The molecule has 3 aromatic rings. The van der Waals surface area contributed by atoms with Crippen LogP contribution in [-0.4, -0.2) is 47.1 Å². The topological polar surface area (TPSA) is 72.3 Å². The van der Waals surface area contributed by atoms with Crippen molar-refractivity contribution in [3.05, 3.63) is 54.9 Å². The zero-order valence-electron chi connectivity index (χ0n) is 16.3. The van der Waals surface area contributed by atoms with Gasteiger partial charge in [0.1, 0.15) is 12.1 Å². The van der Waals surface area contributed by atoms with Gasteiger partial charge in [-0.25, -0.2) is 0 Å². The second kappa shape index (κ2) is 8.79. The van der Waals surface area contributed by atoms with Gasteiger partial charge in [0.2, 0.25) is 5.91 Å². The number of carbonyl (C=O) groups is 1. The molecule has 0 saturated carbocycles. The van der Waals surface area contributed by atoms with Crippen LogP contribution in [0.1, 0.15) is 6.92 Å². The number of hydrogen-bond donors (Lipinski definition) is 1. The minimum atomic E-state index is -0.355. The van der Waals surface area contributed by atoms with E-state index < -0.39 is 0 Å². The van der Waals surface area contributed by atoms with E-state index in [1.54, 1.807) is 13.4 Å². The summed E-state index contributed by atoms with van der Waals surface area (Å²) in [6.45, 7) is 1.84. The fraction of sp³-hybridized carbons (Fsp3) is 0.250. The maximum Gasteiger partial charge on any atom is 0.237 e. The predicted octanol–water partition coefficient (Wildman–Crippen LogP) is 3.46. The average Bonchev–Trinajstić information content (AvgIpc) is 3.16. The minimum Gasteiger partial charge on any atom is -0.495 e. The highest BCUT2D eigenvalue weighted by molar-refractivity contribution is 8.00. The Bertz CT molecular complexity index is 940. The van der Waals surface area contributed by atoms with Crippen molar-refractivity contribution >= 4 is 29.0 Å². The molecule has 0 bridgehead atoms. The van der Waals surface area contributed by atoms with Gasteiger partial charge in [-0.15, -0.1) is 10.2 Å². The molecular weight excluding hydrogens is 374 g/mol. The van der Waals surface area contributed by atoms with Crippen LogP contribution in [0.3, 0.4) is 0 Å². The second-order valence-corrected chi connectivity index (χ2v) is 7.65. The van der Waals surface area contributed by atoms with Crippen molar-refractivity contribution in [1.29, 1.82) is 0 Å². The summed E-state index contributed by atoms with van der Waals surface area (Å²) in [7, 11) is 5.57. The monoisotopic (exact) mass is 397 g/mol. The molecule has 0 spiro atoms. The standard InChI is InChI=1S/C20H23N5O2S/c1-14(19(26)22-15-9-11-16(12-10-15)24(2)3)28-20-23-21-13-25(20)17-7-5-6-8-18(17)27-4/h5-14H,1-4H3,(H,22,26). The van der Waals surface area contributed by atoms with Gasteiger partial charge in [0, 0.05) is 25.5 Å². The van der Waals surface area contributed by atoms with Crippen molar-refractivity contribution in [2.75, 3.05) is 31.4 Å². The van der Waals surface area contributed by atoms with Crippen molar-refractivity contribution in [2.24, 2.45) is 0 Å². The SMILES string of the molecule is COc1ccccc1-n1cnnc1SC(C)C(=O)Nc1ccc(N(C)C)cc1. The number of hydrogen-bond acceptors (Lipinski definition) is 6. The highest BCUT2D eigenvalue weighted by atomic mass is 32.2. The van der Waals surface area contributed by atoms with Crippen LogP contribution in [0.4, 0.5) is 11.4 Å². The van der Waals surface area contributed by atoms with Crippen LogP contribution >= 0.6 is 11.8 Å². The number of anilines is 2. The quantitative estimate of drug-likeness (QED) is 0.616. The lowest BCUT2D eigenvalue weighted by Gasteiger charge is -2.15. The maximum atomic E-state index is 12.6. The Labute approximate surface area is 168 Å². The first-order valence-electron chi connectivity index (χ1n) is 8.78. The normalized spacial score (nSPS) is 11.7. The number of para-hydroxylation sites is 2. The zero-order chi connectivity index (χ0) is 20.1. The lowest BCUT2D eigenvalue weighted by atomic mass is 10.2. The van der Waals surface area contributed by atoms with Gasteiger partial charge in [-0.1, -0.05) is 23.9 Å². The molecule has 28 heavy (non-hydrogen) atoms. The largest absolute Gasteiger partial charge is 0.495 e. The van der Waals surface area contributed by atoms with Crippen molar-refractivity contribution in [1.82, 2.24) is 14.8 Å². The van der Waals surface area contributed by atoms with Crippen molar-refractivity contribution < 1.29 is 9.53 Å². The number of nitrogens with zero attached hydrogens (tertiary/aromatic N) is 4. The molecule has 1 aromatic heterocycles. The third-order valence-corrected chi connectivity index (χ3v) is 5.22. The third kappa shape index (κ3) is 4.45. The number of ether oxygens (including phenoxy) is 1. The average molecular weight is 398 g/mol. The third-order valence-electron chi connectivity index (χ3n) is 4.16. The first kappa shape index (κ1) is 19.8. The summed E-state index contributed by atoms with van der Waals surface area (Å²) in [4.78, 5) is 14.6. The maximum absolute atomic E-state index is 12.6. The highest BCUT2D eigenvalue weighted by Gasteiger charge is 2.19. The van der Waals surface area contributed by atoms with Gasteiger partial charge in [0.05, 0.1) is 18.0 Å². The highest BCUT2D eigenvalue weighted by Crippen LogP contribution is 2.29. The summed E-state index contributed by atoms with van der Waals surface area (Å²) in [5, 5.41) is 11.4. The van der Waals surface area contributed by atoms with Gasteiger partial charge >= 0.3 is 0 Å². The molecule has 0 aliphatic carbocycles. The second-order valence-electron chi connectivity index (χ2n) is 6.35. The predicted molar refractivity (Wildman–Crippen MR) is 113 cm³/mol. The van der Waals surface area contributed by atoms with Crippen molar-refractivity contribution in [3.63, 3.8) is 0 Å². The van der Waals surface area contributed by atoms with E-state index in [-0.39, 0.29) is 11.2 Å². The summed E-state index contributed by atoms with van der Waals surface area (Å²) in [6.07, 6.45) is 1.62. The molecule has 1 N–H and O–H groups in total. The Balaban J connectivity index is 1.70. The number of amides is 1. The molecule has 1 amide bonds.